The Morgan fingerprint density at radius 1 is 1.33 bits per heavy atom. The van der Waals surface area contributed by atoms with Gasteiger partial charge in [-0.3, -0.25) is 0 Å². The predicted octanol–water partition coefficient (Wildman–Crippen LogP) is 2.51. The van der Waals surface area contributed by atoms with Crippen molar-refractivity contribution < 1.29 is 4.74 Å². The lowest BCUT2D eigenvalue weighted by atomic mass is 9.97. The van der Waals surface area contributed by atoms with Crippen molar-refractivity contribution in [3.05, 3.63) is 0 Å². The molecule has 0 radical (unpaired) electrons. The molecule has 1 aliphatic carbocycles. The first kappa shape index (κ1) is 15.9. The minimum absolute atomic E-state index is 0.106. The number of nitrogens with zero attached hydrogens (tertiary/aromatic N) is 1. The first-order valence-electron chi connectivity index (χ1n) is 7.54. The summed E-state index contributed by atoms with van der Waals surface area (Å²) >= 11 is 0. The highest BCUT2D eigenvalue weighted by molar-refractivity contribution is 4.89. The van der Waals surface area contributed by atoms with Gasteiger partial charge in [-0.05, 0) is 52.1 Å². The van der Waals surface area contributed by atoms with Crippen LogP contribution in [0.4, 0.5) is 0 Å². The van der Waals surface area contributed by atoms with Gasteiger partial charge in [-0.1, -0.05) is 13.8 Å². The van der Waals surface area contributed by atoms with Crippen molar-refractivity contribution in [2.45, 2.75) is 58.6 Å². The van der Waals surface area contributed by atoms with E-state index in [4.69, 9.17) is 4.74 Å². The first-order valence-corrected chi connectivity index (χ1v) is 7.54. The third-order valence-corrected chi connectivity index (χ3v) is 4.01. The molecule has 1 fully saturated rings. The minimum atomic E-state index is -0.106. The van der Waals surface area contributed by atoms with Crippen LogP contribution in [0.15, 0.2) is 0 Å². The van der Waals surface area contributed by atoms with Gasteiger partial charge in [0.2, 0.25) is 0 Å². The van der Waals surface area contributed by atoms with E-state index in [0.717, 1.165) is 19.0 Å². The molecule has 18 heavy (non-hydrogen) atoms. The molecule has 0 bridgehead atoms. The first-order chi connectivity index (χ1) is 8.53. The Morgan fingerprint density at radius 3 is 2.44 bits per heavy atom. The third-order valence-electron chi connectivity index (χ3n) is 4.01. The topological polar surface area (TPSA) is 24.5 Å². The Balaban J connectivity index is 2.53. The zero-order chi connectivity index (χ0) is 13.6. The molecule has 108 valence electrons. The summed E-state index contributed by atoms with van der Waals surface area (Å²) in [5.74, 6) is 0.962. The summed E-state index contributed by atoms with van der Waals surface area (Å²) in [6.07, 6.45) is 4.10. The summed E-state index contributed by atoms with van der Waals surface area (Å²) in [5.41, 5.74) is -0.106. The smallest absolute Gasteiger partial charge is 0.0787 e. The van der Waals surface area contributed by atoms with E-state index in [1.165, 1.54) is 32.4 Å². The lowest BCUT2D eigenvalue weighted by Crippen LogP contribution is -2.54. The second kappa shape index (κ2) is 7.46. The van der Waals surface area contributed by atoms with Gasteiger partial charge in [-0.15, -0.1) is 0 Å². The summed E-state index contributed by atoms with van der Waals surface area (Å²) in [6.45, 7) is 13.4. The SMILES string of the molecule is CCCN(CC1CC1)CC(NCC)C(C)(C)OC. The van der Waals surface area contributed by atoms with Crippen LogP contribution >= 0.6 is 0 Å². The average Bonchev–Trinajstić information content (AvgIpc) is 3.12. The summed E-state index contributed by atoms with van der Waals surface area (Å²) in [6, 6.07) is 0.401. The van der Waals surface area contributed by atoms with Crippen LogP contribution < -0.4 is 5.32 Å². The molecule has 3 heteroatoms. The number of rotatable bonds is 10. The molecule has 0 aliphatic heterocycles. The van der Waals surface area contributed by atoms with Gasteiger partial charge < -0.3 is 15.0 Å². The Labute approximate surface area is 113 Å². The van der Waals surface area contributed by atoms with Crippen molar-refractivity contribution >= 4 is 0 Å². The van der Waals surface area contributed by atoms with Crippen LogP contribution in [0.1, 0.15) is 47.0 Å². The molecule has 3 nitrogen and oxygen atoms in total. The molecule has 1 rings (SSSR count). The highest BCUT2D eigenvalue weighted by Gasteiger charge is 2.32. The lowest BCUT2D eigenvalue weighted by molar-refractivity contribution is -0.0198. The zero-order valence-electron chi connectivity index (χ0n) is 13.0. The lowest BCUT2D eigenvalue weighted by Gasteiger charge is -2.37. The van der Waals surface area contributed by atoms with Gasteiger partial charge in [0.25, 0.3) is 0 Å². The van der Waals surface area contributed by atoms with Crippen molar-refractivity contribution in [2.24, 2.45) is 5.92 Å². The van der Waals surface area contributed by atoms with Gasteiger partial charge in [0, 0.05) is 26.2 Å². The molecule has 1 aliphatic rings. The molecule has 1 N–H and O–H groups in total. The van der Waals surface area contributed by atoms with Gasteiger partial charge in [0.1, 0.15) is 0 Å². The molecule has 0 heterocycles. The molecule has 0 aromatic heterocycles. The van der Waals surface area contributed by atoms with Crippen LogP contribution in [-0.4, -0.2) is 49.8 Å². The number of nitrogens with one attached hydrogen (secondary N) is 1. The van der Waals surface area contributed by atoms with Gasteiger partial charge in [0.05, 0.1) is 5.60 Å². The molecule has 0 spiro atoms. The maximum atomic E-state index is 5.66. The summed E-state index contributed by atoms with van der Waals surface area (Å²) in [5, 5.41) is 3.59. The van der Waals surface area contributed by atoms with E-state index >= 15 is 0 Å². The maximum absolute atomic E-state index is 5.66. The maximum Gasteiger partial charge on any atom is 0.0787 e. The molecule has 0 amide bonds. The van der Waals surface area contributed by atoms with Crippen molar-refractivity contribution in [1.82, 2.24) is 10.2 Å². The Hall–Kier alpha value is -0.120. The van der Waals surface area contributed by atoms with E-state index in [1.807, 2.05) is 7.11 Å². The quantitative estimate of drug-likeness (QED) is 0.650. The number of hydrogen-bond acceptors (Lipinski definition) is 3. The highest BCUT2D eigenvalue weighted by atomic mass is 16.5. The van der Waals surface area contributed by atoms with Crippen LogP contribution in [0, 0.1) is 5.92 Å². The standard InChI is InChI=1S/C15H32N2O/c1-6-10-17(11-13-8-9-13)12-14(16-7-2)15(3,4)18-5/h13-14,16H,6-12H2,1-5H3. The van der Waals surface area contributed by atoms with Gasteiger partial charge in [0.15, 0.2) is 0 Å². The van der Waals surface area contributed by atoms with Crippen LogP contribution in [0.5, 0.6) is 0 Å². The number of methoxy groups -OCH3 is 1. The molecule has 1 unspecified atom stereocenters. The summed E-state index contributed by atoms with van der Waals surface area (Å²) in [7, 11) is 1.81. The fraction of sp³-hybridized carbons (Fsp3) is 1.00. The molecule has 0 aromatic rings. The van der Waals surface area contributed by atoms with Crippen LogP contribution in [0.25, 0.3) is 0 Å². The largest absolute Gasteiger partial charge is 0.377 e. The number of ether oxygens (including phenoxy) is 1. The second-order valence-corrected chi connectivity index (χ2v) is 6.12. The van der Waals surface area contributed by atoms with Crippen LogP contribution in [0.3, 0.4) is 0 Å². The van der Waals surface area contributed by atoms with Gasteiger partial charge in [-0.2, -0.15) is 0 Å². The van der Waals surface area contributed by atoms with Crippen molar-refractivity contribution in [3.8, 4) is 0 Å². The molecule has 1 saturated carbocycles. The van der Waals surface area contributed by atoms with E-state index in [9.17, 15) is 0 Å². The Kier molecular flexibility index (Phi) is 6.61. The van der Waals surface area contributed by atoms with Crippen LogP contribution in [-0.2, 0) is 4.74 Å². The van der Waals surface area contributed by atoms with E-state index in [2.05, 4.69) is 37.9 Å². The number of likely N-dealkylation sites (N-methyl/N-ethyl adjacent to an activating group) is 1. The van der Waals surface area contributed by atoms with Crippen LogP contribution in [0.2, 0.25) is 0 Å². The second-order valence-electron chi connectivity index (χ2n) is 6.12. The third kappa shape index (κ3) is 5.25. The Bertz CT molecular complexity index is 227. The molecule has 0 aromatic carbocycles. The molecular weight excluding hydrogens is 224 g/mol. The molecule has 0 saturated heterocycles. The van der Waals surface area contributed by atoms with E-state index < -0.39 is 0 Å². The summed E-state index contributed by atoms with van der Waals surface area (Å²) in [4.78, 5) is 2.62. The summed E-state index contributed by atoms with van der Waals surface area (Å²) < 4.78 is 5.66. The average molecular weight is 256 g/mol. The Morgan fingerprint density at radius 2 is 2.00 bits per heavy atom. The zero-order valence-corrected chi connectivity index (χ0v) is 13.0. The van der Waals surface area contributed by atoms with Gasteiger partial charge >= 0.3 is 0 Å². The molecule has 1 atom stereocenters. The fourth-order valence-corrected chi connectivity index (χ4v) is 2.42. The molecular formula is C15H32N2O. The van der Waals surface area contributed by atoms with Crippen molar-refractivity contribution in [2.75, 3.05) is 33.3 Å². The van der Waals surface area contributed by atoms with Crippen molar-refractivity contribution in [3.63, 3.8) is 0 Å². The highest BCUT2D eigenvalue weighted by Crippen LogP contribution is 2.30. The van der Waals surface area contributed by atoms with Gasteiger partial charge in [-0.25, -0.2) is 0 Å². The fourth-order valence-electron chi connectivity index (χ4n) is 2.42. The number of hydrogen-bond donors (Lipinski definition) is 1. The minimum Gasteiger partial charge on any atom is -0.377 e. The predicted molar refractivity (Wildman–Crippen MR) is 78.0 cm³/mol. The van der Waals surface area contributed by atoms with E-state index in [-0.39, 0.29) is 5.60 Å². The monoisotopic (exact) mass is 256 g/mol. The van der Waals surface area contributed by atoms with E-state index in [0.29, 0.717) is 6.04 Å². The van der Waals surface area contributed by atoms with E-state index in [1.54, 1.807) is 0 Å². The normalized spacial score (nSPS) is 18.3. The van der Waals surface area contributed by atoms with Crippen molar-refractivity contribution in [1.29, 1.82) is 0 Å².